The maximum atomic E-state index is 13.8. The van der Waals surface area contributed by atoms with Gasteiger partial charge in [-0.05, 0) is 24.3 Å². The summed E-state index contributed by atoms with van der Waals surface area (Å²) >= 11 is 0. The lowest BCUT2D eigenvalue weighted by atomic mass is 10.0. The highest BCUT2D eigenvalue weighted by molar-refractivity contribution is 6.08. The first-order chi connectivity index (χ1) is 10.1. The van der Waals surface area contributed by atoms with E-state index in [0.29, 0.717) is 5.52 Å². The normalized spacial score (nSPS) is 11.0. The van der Waals surface area contributed by atoms with Gasteiger partial charge in [0, 0.05) is 34.6 Å². The van der Waals surface area contributed by atoms with Gasteiger partial charge in [-0.3, -0.25) is 4.79 Å². The minimum atomic E-state index is -0.788. The molecule has 3 rings (SSSR count). The van der Waals surface area contributed by atoms with Crippen LogP contribution in [0.25, 0.3) is 10.9 Å². The Labute approximate surface area is 118 Å². The monoisotopic (exact) mass is 289 g/mol. The molecule has 0 saturated heterocycles. The first-order valence-electron chi connectivity index (χ1n) is 6.29. The van der Waals surface area contributed by atoms with Crippen molar-refractivity contribution < 1.29 is 18.0 Å². The van der Waals surface area contributed by atoms with E-state index in [1.165, 1.54) is 24.4 Å². The van der Waals surface area contributed by atoms with Crippen molar-refractivity contribution in [3.63, 3.8) is 0 Å². The zero-order valence-corrected chi connectivity index (χ0v) is 10.8. The summed E-state index contributed by atoms with van der Waals surface area (Å²) in [6.07, 6.45) is 0.897. The molecule has 106 valence electrons. The second-order valence-corrected chi connectivity index (χ2v) is 4.66. The van der Waals surface area contributed by atoms with Crippen LogP contribution >= 0.6 is 0 Å². The van der Waals surface area contributed by atoms with Gasteiger partial charge < -0.3 is 4.98 Å². The molecule has 0 atom stereocenters. The van der Waals surface area contributed by atoms with Gasteiger partial charge in [0.25, 0.3) is 0 Å². The van der Waals surface area contributed by atoms with Crippen LogP contribution in [0.5, 0.6) is 0 Å². The van der Waals surface area contributed by atoms with Crippen molar-refractivity contribution in [3.8, 4) is 0 Å². The quantitative estimate of drug-likeness (QED) is 0.726. The summed E-state index contributed by atoms with van der Waals surface area (Å²) in [6.45, 7) is 0. The summed E-state index contributed by atoms with van der Waals surface area (Å²) in [5.41, 5.74) is 0.242. The Balaban J connectivity index is 2.02. The third-order valence-corrected chi connectivity index (χ3v) is 3.35. The maximum Gasteiger partial charge on any atom is 0.169 e. The van der Waals surface area contributed by atoms with Gasteiger partial charge in [0.2, 0.25) is 0 Å². The molecule has 21 heavy (non-hydrogen) atoms. The molecule has 1 heterocycles. The summed E-state index contributed by atoms with van der Waals surface area (Å²) < 4.78 is 41.0. The number of ketones is 1. The number of halogens is 3. The Morgan fingerprint density at radius 2 is 1.57 bits per heavy atom. The SMILES string of the molecule is O=C(Cc1c(F)cccc1F)c1c[nH]c2cccc(F)c12. The van der Waals surface area contributed by atoms with E-state index < -0.39 is 29.7 Å². The second kappa shape index (κ2) is 5.09. The van der Waals surface area contributed by atoms with E-state index in [9.17, 15) is 18.0 Å². The number of carbonyl (C=O) groups excluding carboxylic acids is 1. The molecule has 0 aliphatic heterocycles. The predicted molar refractivity (Wildman–Crippen MR) is 72.6 cm³/mol. The standard InChI is InChI=1S/C16H10F3NO/c17-11-3-1-4-12(18)9(11)7-15(21)10-8-20-14-6-2-5-13(19)16(10)14/h1-6,8,20H,7H2. The molecule has 1 N–H and O–H groups in total. The van der Waals surface area contributed by atoms with Crippen molar-refractivity contribution in [1.82, 2.24) is 4.98 Å². The second-order valence-electron chi connectivity index (χ2n) is 4.66. The number of nitrogens with one attached hydrogen (secondary N) is 1. The van der Waals surface area contributed by atoms with Crippen LogP contribution in [0.3, 0.4) is 0 Å². The van der Waals surface area contributed by atoms with Gasteiger partial charge >= 0.3 is 0 Å². The number of Topliss-reactive ketones (excluding diaryl/α,β-unsaturated/α-hetero) is 1. The zero-order valence-electron chi connectivity index (χ0n) is 10.8. The highest BCUT2D eigenvalue weighted by Crippen LogP contribution is 2.24. The number of rotatable bonds is 3. The van der Waals surface area contributed by atoms with Crippen molar-refractivity contribution in [2.75, 3.05) is 0 Å². The third-order valence-electron chi connectivity index (χ3n) is 3.35. The largest absolute Gasteiger partial charge is 0.360 e. The van der Waals surface area contributed by atoms with E-state index in [4.69, 9.17) is 0 Å². The molecule has 0 bridgehead atoms. The predicted octanol–water partition coefficient (Wildman–Crippen LogP) is 4.01. The maximum absolute atomic E-state index is 13.8. The smallest absolute Gasteiger partial charge is 0.169 e. The highest BCUT2D eigenvalue weighted by atomic mass is 19.1. The first kappa shape index (κ1) is 13.4. The number of fused-ring (bicyclic) bond motifs is 1. The van der Waals surface area contributed by atoms with Gasteiger partial charge in [0.05, 0.1) is 0 Å². The molecule has 5 heteroatoms. The van der Waals surface area contributed by atoms with Crippen LogP contribution in [0.1, 0.15) is 15.9 Å². The number of carbonyl (C=O) groups is 1. The number of hydrogen-bond acceptors (Lipinski definition) is 1. The average molecular weight is 289 g/mol. The van der Waals surface area contributed by atoms with Gasteiger partial charge in [0.1, 0.15) is 17.5 Å². The van der Waals surface area contributed by atoms with Crippen molar-refractivity contribution in [2.45, 2.75) is 6.42 Å². The molecule has 0 aliphatic carbocycles. The molecule has 0 saturated carbocycles. The minimum Gasteiger partial charge on any atom is -0.360 e. The number of aromatic nitrogens is 1. The Kier molecular flexibility index (Phi) is 3.25. The molecule has 3 aromatic rings. The first-order valence-corrected chi connectivity index (χ1v) is 6.29. The van der Waals surface area contributed by atoms with Crippen LogP contribution in [0.2, 0.25) is 0 Å². The molecule has 0 spiro atoms. The Morgan fingerprint density at radius 1 is 0.952 bits per heavy atom. The van der Waals surface area contributed by atoms with E-state index in [0.717, 1.165) is 12.1 Å². The van der Waals surface area contributed by atoms with E-state index >= 15 is 0 Å². The lowest BCUT2D eigenvalue weighted by Crippen LogP contribution is -2.07. The number of hydrogen-bond donors (Lipinski definition) is 1. The molecule has 0 fully saturated rings. The molecule has 0 aliphatic rings. The van der Waals surface area contributed by atoms with E-state index in [2.05, 4.69) is 4.98 Å². The molecule has 1 aromatic heterocycles. The topological polar surface area (TPSA) is 32.9 Å². The number of benzene rings is 2. The van der Waals surface area contributed by atoms with Crippen molar-refractivity contribution in [2.24, 2.45) is 0 Å². The van der Waals surface area contributed by atoms with Crippen LogP contribution in [-0.4, -0.2) is 10.8 Å². The van der Waals surface area contributed by atoms with Crippen LogP contribution in [0.4, 0.5) is 13.2 Å². The Bertz CT molecular complexity index is 818. The number of H-pyrrole nitrogens is 1. The van der Waals surface area contributed by atoms with Crippen LogP contribution in [0.15, 0.2) is 42.6 Å². The zero-order chi connectivity index (χ0) is 15.0. The molecule has 0 radical (unpaired) electrons. The van der Waals surface area contributed by atoms with Crippen molar-refractivity contribution in [3.05, 3.63) is 71.2 Å². The van der Waals surface area contributed by atoms with Gasteiger partial charge in [-0.1, -0.05) is 12.1 Å². The summed E-state index contributed by atoms with van der Waals surface area (Å²) in [5, 5.41) is 0.138. The van der Waals surface area contributed by atoms with E-state index in [1.807, 2.05) is 0 Å². The van der Waals surface area contributed by atoms with Gasteiger partial charge in [-0.2, -0.15) is 0 Å². The lowest BCUT2D eigenvalue weighted by Gasteiger charge is -2.04. The third kappa shape index (κ3) is 2.31. The molecular formula is C16H10F3NO. The molecule has 0 amide bonds. The fourth-order valence-electron chi connectivity index (χ4n) is 2.32. The van der Waals surface area contributed by atoms with Gasteiger partial charge in [-0.25, -0.2) is 13.2 Å². The molecule has 0 unspecified atom stereocenters. The minimum absolute atomic E-state index is 0.0887. The fraction of sp³-hybridized carbons (Fsp3) is 0.0625. The van der Waals surface area contributed by atoms with Crippen molar-refractivity contribution in [1.29, 1.82) is 0 Å². The Hall–Kier alpha value is -2.56. The highest BCUT2D eigenvalue weighted by Gasteiger charge is 2.19. The van der Waals surface area contributed by atoms with Crippen LogP contribution in [-0.2, 0) is 6.42 Å². The van der Waals surface area contributed by atoms with E-state index in [-0.39, 0.29) is 16.5 Å². The lowest BCUT2D eigenvalue weighted by molar-refractivity contribution is 0.0992. The van der Waals surface area contributed by atoms with Crippen LogP contribution in [0, 0.1) is 17.5 Å². The van der Waals surface area contributed by atoms with Crippen LogP contribution < -0.4 is 0 Å². The Morgan fingerprint density at radius 3 is 2.29 bits per heavy atom. The molecular weight excluding hydrogens is 279 g/mol. The summed E-state index contributed by atoms with van der Waals surface area (Å²) in [6, 6.07) is 7.77. The average Bonchev–Trinajstić information content (AvgIpc) is 2.88. The van der Waals surface area contributed by atoms with Gasteiger partial charge in [0.15, 0.2) is 5.78 Å². The van der Waals surface area contributed by atoms with Gasteiger partial charge in [-0.15, -0.1) is 0 Å². The van der Waals surface area contributed by atoms with E-state index in [1.54, 1.807) is 6.07 Å². The van der Waals surface area contributed by atoms with Crippen molar-refractivity contribution >= 4 is 16.7 Å². The summed E-state index contributed by atoms with van der Waals surface area (Å²) in [4.78, 5) is 15.0. The summed E-state index contributed by atoms with van der Waals surface area (Å²) in [5.74, 6) is -2.67. The molecule has 2 aromatic carbocycles. The molecule has 2 nitrogen and oxygen atoms in total. The fourth-order valence-corrected chi connectivity index (χ4v) is 2.32. The summed E-state index contributed by atoms with van der Waals surface area (Å²) in [7, 11) is 0. The number of aromatic amines is 1.